The Bertz CT molecular complexity index is 460. The van der Waals surface area contributed by atoms with Crippen molar-refractivity contribution in [1.29, 1.82) is 0 Å². The molecule has 1 rings (SSSR count). The van der Waals surface area contributed by atoms with Crippen LogP contribution in [0.4, 0.5) is 0 Å². The van der Waals surface area contributed by atoms with Gasteiger partial charge in [-0.3, -0.25) is 0 Å². The van der Waals surface area contributed by atoms with Crippen LogP contribution in [0.3, 0.4) is 0 Å². The van der Waals surface area contributed by atoms with Gasteiger partial charge in [-0.15, -0.1) is 11.8 Å². The van der Waals surface area contributed by atoms with Gasteiger partial charge in [-0.2, -0.15) is 0 Å². The second-order valence-electron chi connectivity index (χ2n) is 4.60. The molecule has 0 aliphatic carbocycles. The minimum atomic E-state index is 0.258. The van der Waals surface area contributed by atoms with E-state index in [4.69, 9.17) is 9.47 Å². The average Bonchev–Trinajstić information content (AvgIpc) is 2.49. The Kier molecular flexibility index (Phi) is 7.60. The summed E-state index contributed by atoms with van der Waals surface area (Å²) in [6.45, 7) is 7.74. The molecule has 0 aliphatic heterocycles. The second-order valence-corrected chi connectivity index (χ2v) is 4.60. The molecule has 1 aromatic rings. The Morgan fingerprint density at radius 1 is 1.35 bits per heavy atom. The summed E-state index contributed by atoms with van der Waals surface area (Å²) in [5.41, 5.74) is 1.16. The van der Waals surface area contributed by atoms with E-state index < -0.39 is 0 Å². The van der Waals surface area contributed by atoms with Gasteiger partial charge in [-0.1, -0.05) is 13.0 Å². The number of methoxy groups -OCH3 is 1. The molecule has 1 N–H and O–H groups in total. The van der Waals surface area contributed by atoms with Gasteiger partial charge in [0, 0.05) is 24.1 Å². The number of hydrogen-bond donors (Lipinski definition) is 1. The Morgan fingerprint density at radius 3 is 2.80 bits per heavy atom. The van der Waals surface area contributed by atoms with E-state index in [1.807, 2.05) is 19.1 Å². The van der Waals surface area contributed by atoms with Gasteiger partial charge in [0.1, 0.15) is 11.5 Å². The molecule has 3 heteroatoms. The van der Waals surface area contributed by atoms with Gasteiger partial charge < -0.3 is 14.8 Å². The van der Waals surface area contributed by atoms with Crippen LogP contribution < -0.4 is 14.8 Å². The van der Waals surface area contributed by atoms with Crippen LogP contribution in [-0.4, -0.2) is 20.3 Å². The molecule has 1 atom stereocenters. The van der Waals surface area contributed by atoms with Crippen LogP contribution in [-0.2, 0) is 0 Å². The lowest BCUT2D eigenvalue weighted by atomic mass is 10.1. The molecule has 0 radical (unpaired) electrons. The number of benzene rings is 1. The third kappa shape index (κ3) is 5.14. The fourth-order valence-corrected chi connectivity index (χ4v) is 1.93. The van der Waals surface area contributed by atoms with E-state index in [9.17, 15) is 0 Å². The van der Waals surface area contributed by atoms with Crippen molar-refractivity contribution in [1.82, 2.24) is 5.32 Å². The third-order valence-electron chi connectivity index (χ3n) is 3.05. The molecule has 1 aromatic carbocycles. The lowest BCUT2D eigenvalue weighted by molar-refractivity contribution is 0.317. The predicted octanol–water partition coefficient (Wildman–Crippen LogP) is 3.55. The molecular formula is C17H25NO2. The second kappa shape index (κ2) is 9.28. The maximum absolute atomic E-state index is 5.86. The zero-order valence-corrected chi connectivity index (χ0v) is 13.0. The van der Waals surface area contributed by atoms with Gasteiger partial charge >= 0.3 is 0 Å². The first-order chi connectivity index (χ1) is 9.72. The van der Waals surface area contributed by atoms with Gasteiger partial charge in [0.25, 0.3) is 0 Å². The van der Waals surface area contributed by atoms with Gasteiger partial charge in [0.05, 0.1) is 13.7 Å². The van der Waals surface area contributed by atoms with Crippen molar-refractivity contribution in [3.05, 3.63) is 23.8 Å². The molecule has 0 aromatic heterocycles. The summed E-state index contributed by atoms with van der Waals surface area (Å²) in [7, 11) is 1.67. The highest BCUT2D eigenvalue weighted by molar-refractivity contribution is 5.42. The molecule has 0 spiro atoms. The molecule has 0 fully saturated rings. The molecule has 110 valence electrons. The number of ether oxygens (including phenoxy) is 2. The third-order valence-corrected chi connectivity index (χ3v) is 3.05. The SMILES string of the molecule is CC#CCCOc1cc(OC)ccc1C(C)NCCC. The molecule has 0 aliphatic rings. The number of hydrogen-bond acceptors (Lipinski definition) is 3. The molecule has 0 saturated carbocycles. The minimum absolute atomic E-state index is 0.258. The van der Waals surface area contributed by atoms with E-state index in [0.29, 0.717) is 6.61 Å². The fourth-order valence-electron chi connectivity index (χ4n) is 1.93. The molecule has 0 saturated heterocycles. The van der Waals surface area contributed by atoms with Crippen molar-refractivity contribution in [2.45, 2.75) is 39.7 Å². The van der Waals surface area contributed by atoms with Crippen molar-refractivity contribution in [3.8, 4) is 23.3 Å². The summed E-state index contributed by atoms with van der Waals surface area (Å²) in [5, 5.41) is 3.48. The van der Waals surface area contributed by atoms with Crippen LogP contribution >= 0.6 is 0 Å². The highest BCUT2D eigenvalue weighted by Gasteiger charge is 2.12. The molecule has 20 heavy (non-hydrogen) atoms. The Balaban J connectivity index is 2.81. The van der Waals surface area contributed by atoms with Crippen molar-refractivity contribution in [2.24, 2.45) is 0 Å². The minimum Gasteiger partial charge on any atom is -0.497 e. The standard InChI is InChI=1S/C17H25NO2/c1-5-7-8-12-20-17-13-15(19-4)9-10-16(17)14(3)18-11-6-2/h9-10,13-14,18H,6,8,11-12H2,1-4H3. The van der Waals surface area contributed by atoms with Crippen LogP contribution in [0, 0.1) is 11.8 Å². The topological polar surface area (TPSA) is 30.5 Å². The summed E-state index contributed by atoms with van der Waals surface area (Å²) >= 11 is 0. The van der Waals surface area contributed by atoms with Crippen LogP contribution in [0.25, 0.3) is 0 Å². The summed E-state index contributed by atoms with van der Waals surface area (Å²) in [4.78, 5) is 0. The maximum Gasteiger partial charge on any atom is 0.127 e. The van der Waals surface area contributed by atoms with Gasteiger partial charge in [0.2, 0.25) is 0 Å². The van der Waals surface area contributed by atoms with Gasteiger partial charge in [0.15, 0.2) is 0 Å². The zero-order valence-electron chi connectivity index (χ0n) is 13.0. The first-order valence-electron chi connectivity index (χ1n) is 7.16. The Morgan fingerprint density at radius 2 is 2.15 bits per heavy atom. The molecule has 0 amide bonds. The predicted molar refractivity (Wildman–Crippen MR) is 83.3 cm³/mol. The van der Waals surface area contributed by atoms with Crippen molar-refractivity contribution >= 4 is 0 Å². The lowest BCUT2D eigenvalue weighted by Crippen LogP contribution is -2.20. The molecule has 0 bridgehead atoms. The Hall–Kier alpha value is -1.66. The monoisotopic (exact) mass is 275 g/mol. The van der Waals surface area contributed by atoms with E-state index in [0.717, 1.165) is 36.4 Å². The van der Waals surface area contributed by atoms with Crippen LogP contribution in [0.2, 0.25) is 0 Å². The average molecular weight is 275 g/mol. The summed E-state index contributed by atoms with van der Waals surface area (Å²) in [6.07, 6.45) is 1.85. The molecule has 1 unspecified atom stereocenters. The highest BCUT2D eigenvalue weighted by Crippen LogP contribution is 2.29. The van der Waals surface area contributed by atoms with E-state index >= 15 is 0 Å². The van der Waals surface area contributed by atoms with Gasteiger partial charge in [-0.25, -0.2) is 0 Å². The van der Waals surface area contributed by atoms with Crippen LogP contribution in [0.5, 0.6) is 11.5 Å². The van der Waals surface area contributed by atoms with Crippen LogP contribution in [0.1, 0.15) is 45.2 Å². The van der Waals surface area contributed by atoms with Gasteiger partial charge in [-0.05, 0) is 32.9 Å². The summed E-state index contributed by atoms with van der Waals surface area (Å²) in [5.74, 6) is 7.57. The first kappa shape index (κ1) is 16.4. The summed E-state index contributed by atoms with van der Waals surface area (Å²) in [6, 6.07) is 6.23. The largest absolute Gasteiger partial charge is 0.497 e. The van der Waals surface area contributed by atoms with Crippen molar-refractivity contribution < 1.29 is 9.47 Å². The number of nitrogens with one attached hydrogen (secondary N) is 1. The fraction of sp³-hybridized carbons (Fsp3) is 0.529. The normalized spacial score (nSPS) is 11.4. The van der Waals surface area contributed by atoms with E-state index in [1.54, 1.807) is 7.11 Å². The van der Waals surface area contributed by atoms with Crippen molar-refractivity contribution in [3.63, 3.8) is 0 Å². The lowest BCUT2D eigenvalue weighted by Gasteiger charge is -2.18. The Labute approximate surface area is 122 Å². The highest BCUT2D eigenvalue weighted by atomic mass is 16.5. The zero-order chi connectivity index (χ0) is 14.8. The first-order valence-corrected chi connectivity index (χ1v) is 7.16. The maximum atomic E-state index is 5.86. The van der Waals surface area contributed by atoms with Crippen molar-refractivity contribution in [2.75, 3.05) is 20.3 Å². The quantitative estimate of drug-likeness (QED) is 0.581. The molecule has 0 heterocycles. The summed E-state index contributed by atoms with van der Waals surface area (Å²) < 4.78 is 11.1. The number of rotatable bonds is 8. The molecule has 3 nitrogen and oxygen atoms in total. The van der Waals surface area contributed by atoms with E-state index in [1.165, 1.54) is 0 Å². The van der Waals surface area contributed by atoms with E-state index in [2.05, 4.69) is 37.1 Å². The molecular weight excluding hydrogens is 250 g/mol. The smallest absolute Gasteiger partial charge is 0.127 e. The van der Waals surface area contributed by atoms with E-state index in [-0.39, 0.29) is 6.04 Å². The van der Waals surface area contributed by atoms with Crippen LogP contribution in [0.15, 0.2) is 18.2 Å².